The monoisotopic (exact) mass is 275 g/mol. The van der Waals surface area contributed by atoms with E-state index < -0.39 is 0 Å². The van der Waals surface area contributed by atoms with Gasteiger partial charge in [0.25, 0.3) is 0 Å². The quantitative estimate of drug-likeness (QED) is 0.871. The van der Waals surface area contributed by atoms with E-state index in [0.29, 0.717) is 11.5 Å². The summed E-state index contributed by atoms with van der Waals surface area (Å²) in [6.45, 7) is 6.73. The van der Waals surface area contributed by atoms with Crippen molar-refractivity contribution < 1.29 is 4.74 Å². The molecule has 0 saturated heterocycles. The minimum Gasteiger partial charge on any atom is -0.496 e. The molecule has 1 saturated carbocycles. The number of aryl methyl sites for hydroxylation is 2. The normalized spacial score (nSPS) is 19.6. The predicted octanol–water partition coefficient (Wildman–Crippen LogP) is 4.54. The van der Waals surface area contributed by atoms with Gasteiger partial charge in [0.1, 0.15) is 5.75 Å². The molecule has 0 heterocycles. The van der Waals surface area contributed by atoms with Crippen molar-refractivity contribution in [3.63, 3.8) is 0 Å². The van der Waals surface area contributed by atoms with E-state index >= 15 is 0 Å². The summed E-state index contributed by atoms with van der Waals surface area (Å²) in [6.07, 6.45) is 6.77. The summed E-state index contributed by atoms with van der Waals surface area (Å²) in [5.41, 5.74) is 4.26. The molecule has 1 unspecified atom stereocenters. The Kier molecular flexibility index (Phi) is 4.74. The van der Waals surface area contributed by atoms with Crippen LogP contribution in [0.1, 0.15) is 61.8 Å². The van der Waals surface area contributed by atoms with Gasteiger partial charge in [0.05, 0.1) is 7.11 Å². The molecule has 0 spiro atoms. The van der Waals surface area contributed by atoms with Crippen LogP contribution < -0.4 is 10.1 Å². The Bertz CT molecular complexity index is 437. The molecule has 0 amide bonds. The van der Waals surface area contributed by atoms with Gasteiger partial charge in [-0.15, -0.1) is 0 Å². The summed E-state index contributed by atoms with van der Waals surface area (Å²) >= 11 is 0. The molecular weight excluding hydrogens is 246 g/mol. The highest BCUT2D eigenvalue weighted by Crippen LogP contribution is 2.46. The second-order valence-electron chi connectivity index (χ2n) is 6.62. The van der Waals surface area contributed by atoms with Crippen molar-refractivity contribution in [3.8, 4) is 5.75 Å². The van der Waals surface area contributed by atoms with E-state index in [0.717, 1.165) is 5.75 Å². The maximum absolute atomic E-state index is 5.49. The molecule has 1 aliphatic carbocycles. The first kappa shape index (κ1) is 15.4. The van der Waals surface area contributed by atoms with Gasteiger partial charge in [-0.25, -0.2) is 0 Å². The average molecular weight is 275 g/mol. The second-order valence-corrected chi connectivity index (χ2v) is 6.62. The third kappa shape index (κ3) is 2.85. The Morgan fingerprint density at radius 3 is 2.10 bits per heavy atom. The summed E-state index contributed by atoms with van der Waals surface area (Å²) < 4.78 is 5.49. The third-order valence-electron chi connectivity index (χ3n) is 5.00. The first-order valence-corrected chi connectivity index (χ1v) is 7.84. The lowest BCUT2D eigenvalue weighted by Crippen LogP contribution is -2.36. The standard InChI is InChI=1S/C18H29NO/c1-13-11-15(12-14(2)16(13)20-5)17(19-4)18(3)9-7-6-8-10-18/h11-12,17,19H,6-10H2,1-5H3. The van der Waals surface area contributed by atoms with E-state index in [2.05, 4.69) is 45.3 Å². The van der Waals surface area contributed by atoms with Gasteiger partial charge in [-0.3, -0.25) is 0 Å². The fourth-order valence-corrected chi connectivity index (χ4v) is 4.04. The first-order chi connectivity index (χ1) is 9.51. The van der Waals surface area contributed by atoms with E-state index in [-0.39, 0.29) is 0 Å². The number of hydrogen-bond acceptors (Lipinski definition) is 2. The summed E-state index contributed by atoms with van der Waals surface area (Å²) in [5.74, 6) is 1.03. The fourth-order valence-electron chi connectivity index (χ4n) is 4.04. The lowest BCUT2D eigenvalue weighted by atomic mass is 9.68. The predicted molar refractivity (Wildman–Crippen MR) is 85.5 cm³/mol. The summed E-state index contributed by atoms with van der Waals surface area (Å²) in [4.78, 5) is 0. The number of ether oxygens (including phenoxy) is 1. The molecule has 112 valence electrons. The molecule has 20 heavy (non-hydrogen) atoms. The lowest BCUT2D eigenvalue weighted by Gasteiger charge is -2.41. The van der Waals surface area contributed by atoms with E-state index in [4.69, 9.17) is 4.74 Å². The topological polar surface area (TPSA) is 21.3 Å². The minimum atomic E-state index is 0.375. The number of rotatable bonds is 4. The number of methoxy groups -OCH3 is 1. The van der Waals surface area contributed by atoms with Gasteiger partial charge >= 0.3 is 0 Å². The molecule has 2 nitrogen and oxygen atoms in total. The van der Waals surface area contributed by atoms with Crippen LogP contribution in [0.2, 0.25) is 0 Å². The van der Waals surface area contributed by atoms with E-state index in [1.165, 1.54) is 48.8 Å². The Balaban J connectivity index is 2.36. The highest BCUT2D eigenvalue weighted by Gasteiger charge is 2.35. The second kappa shape index (κ2) is 6.17. The van der Waals surface area contributed by atoms with Crippen LogP contribution in [0.3, 0.4) is 0 Å². The molecule has 1 aliphatic rings. The summed E-state index contributed by atoms with van der Waals surface area (Å²) in [5, 5.41) is 3.58. The zero-order chi connectivity index (χ0) is 14.8. The van der Waals surface area contributed by atoms with Gasteiger partial charge in [0, 0.05) is 6.04 Å². The number of nitrogens with one attached hydrogen (secondary N) is 1. The highest BCUT2D eigenvalue weighted by molar-refractivity contribution is 5.44. The van der Waals surface area contributed by atoms with Crippen LogP contribution >= 0.6 is 0 Å². The van der Waals surface area contributed by atoms with Crippen molar-refractivity contribution in [2.45, 2.75) is 58.9 Å². The van der Waals surface area contributed by atoms with E-state index in [1.807, 2.05) is 0 Å². The highest BCUT2D eigenvalue weighted by atomic mass is 16.5. The van der Waals surface area contributed by atoms with Crippen molar-refractivity contribution in [1.82, 2.24) is 5.32 Å². The Labute approximate surface area is 123 Å². The maximum atomic E-state index is 5.49. The molecule has 0 radical (unpaired) electrons. The molecule has 2 rings (SSSR count). The van der Waals surface area contributed by atoms with Crippen LogP contribution in [0.5, 0.6) is 5.75 Å². The van der Waals surface area contributed by atoms with Crippen LogP contribution in [-0.2, 0) is 0 Å². The molecule has 0 aliphatic heterocycles. The van der Waals surface area contributed by atoms with E-state index in [1.54, 1.807) is 7.11 Å². The lowest BCUT2D eigenvalue weighted by molar-refractivity contribution is 0.150. The van der Waals surface area contributed by atoms with Crippen LogP contribution in [0, 0.1) is 19.3 Å². The largest absolute Gasteiger partial charge is 0.496 e. The molecule has 1 atom stereocenters. The minimum absolute atomic E-state index is 0.375. The molecule has 1 aromatic carbocycles. The number of benzene rings is 1. The molecule has 0 aromatic heterocycles. The molecular formula is C18H29NO. The Hall–Kier alpha value is -1.02. The van der Waals surface area contributed by atoms with Gasteiger partial charge in [0.2, 0.25) is 0 Å². The Morgan fingerprint density at radius 1 is 1.10 bits per heavy atom. The molecule has 1 N–H and O–H groups in total. The van der Waals surface area contributed by atoms with Crippen LogP contribution in [-0.4, -0.2) is 14.2 Å². The van der Waals surface area contributed by atoms with E-state index in [9.17, 15) is 0 Å². The van der Waals surface area contributed by atoms with Gasteiger partial charge in [-0.2, -0.15) is 0 Å². The SMILES string of the molecule is CNC(c1cc(C)c(OC)c(C)c1)C1(C)CCCCC1. The van der Waals surface area contributed by atoms with Gasteiger partial charge in [-0.05, 0) is 55.8 Å². The molecule has 1 fully saturated rings. The van der Waals surface area contributed by atoms with Gasteiger partial charge in [-0.1, -0.05) is 38.3 Å². The van der Waals surface area contributed by atoms with Gasteiger partial charge < -0.3 is 10.1 Å². The van der Waals surface area contributed by atoms with Crippen LogP contribution in [0.15, 0.2) is 12.1 Å². The maximum Gasteiger partial charge on any atom is 0.124 e. The smallest absolute Gasteiger partial charge is 0.124 e. The zero-order valence-electron chi connectivity index (χ0n) is 13.7. The zero-order valence-corrected chi connectivity index (χ0v) is 13.7. The Morgan fingerprint density at radius 2 is 1.65 bits per heavy atom. The van der Waals surface area contributed by atoms with Crippen LogP contribution in [0.25, 0.3) is 0 Å². The van der Waals surface area contributed by atoms with Crippen molar-refractivity contribution in [1.29, 1.82) is 0 Å². The molecule has 1 aromatic rings. The molecule has 0 bridgehead atoms. The van der Waals surface area contributed by atoms with Gasteiger partial charge in [0.15, 0.2) is 0 Å². The third-order valence-corrected chi connectivity index (χ3v) is 5.00. The van der Waals surface area contributed by atoms with Crippen molar-refractivity contribution >= 4 is 0 Å². The molecule has 2 heteroatoms. The summed E-state index contributed by atoms with van der Waals surface area (Å²) in [6, 6.07) is 5.03. The van der Waals surface area contributed by atoms with Crippen molar-refractivity contribution in [3.05, 3.63) is 28.8 Å². The van der Waals surface area contributed by atoms with Crippen molar-refractivity contribution in [2.24, 2.45) is 5.41 Å². The fraction of sp³-hybridized carbons (Fsp3) is 0.667. The summed E-state index contributed by atoms with van der Waals surface area (Å²) in [7, 11) is 3.85. The average Bonchev–Trinajstić information content (AvgIpc) is 2.39. The number of hydrogen-bond donors (Lipinski definition) is 1. The van der Waals surface area contributed by atoms with Crippen molar-refractivity contribution in [2.75, 3.05) is 14.2 Å². The van der Waals surface area contributed by atoms with Crippen LogP contribution in [0.4, 0.5) is 0 Å². The first-order valence-electron chi connectivity index (χ1n) is 7.84.